The van der Waals surface area contributed by atoms with Crippen LogP contribution in [0.3, 0.4) is 0 Å². The standard InChI is InChI=1S/C12H26N2O2/c1-5-11(9-13)8-12(15)14(10(2)3)6-7-16-4/h10-11H,5-9,13H2,1-4H3. The summed E-state index contributed by atoms with van der Waals surface area (Å²) < 4.78 is 5.01. The van der Waals surface area contributed by atoms with Crippen molar-refractivity contribution in [1.29, 1.82) is 0 Å². The first-order valence-electron chi connectivity index (χ1n) is 6.05. The van der Waals surface area contributed by atoms with Crippen molar-refractivity contribution in [2.24, 2.45) is 11.7 Å². The molecule has 0 saturated heterocycles. The molecule has 4 heteroatoms. The highest BCUT2D eigenvalue weighted by atomic mass is 16.5. The van der Waals surface area contributed by atoms with Crippen LogP contribution in [-0.4, -0.2) is 43.7 Å². The van der Waals surface area contributed by atoms with Crippen LogP contribution in [0.15, 0.2) is 0 Å². The molecule has 0 heterocycles. The van der Waals surface area contributed by atoms with Gasteiger partial charge in [0.05, 0.1) is 6.61 Å². The summed E-state index contributed by atoms with van der Waals surface area (Å²) in [4.78, 5) is 13.9. The number of carbonyl (C=O) groups is 1. The van der Waals surface area contributed by atoms with Crippen LogP contribution in [-0.2, 0) is 9.53 Å². The van der Waals surface area contributed by atoms with Crippen molar-refractivity contribution in [1.82, 2.24) is 4.90 Å². The van der Waals surface area contributed by atoms with Crippen LogP contribution in [0.5, 0.6) is 0 Å². The molecule has 1 atom stereocenters. The normalized spacial score (nSPS) is 12.9. The first-order valence-corrected chi connectivity index (χ1v) is 6.05. The number of hydrogen-bond donors (Lipinski definition) is 1. The predicted molar refractivity (Wildman–Crippen MR) is 66.2 cm³/mol. The van der Waals surface area contributed by atoms with Crippen molar-refractivity contribution in [2.45, 2.75) is 39.7 Å². The van der Waals surface area contributed by atoms with Crippen molar-refractivity contribution in [2.75, 3.05) is 26.8 Å². The average molecular weight is 230 g/mol. The summed E-state index contributed by atoms with van der Waals surface area (Å²) in [5, 5.41) is 0. The van der Waals surface area contributed by atoms with Crippen molar-refractivity contribution >= 4 is 5.91 Å². The molecule has 0 aliphatic heterocycles. The lowest BCUT2D eigenvalue weighted by Crippen LogP contribution is -2.40. The Kier molecular flexibility index (Phi) is 8.21. The Balaban J connectivity index is 4.26. The quantitative estimate of drug-likeness (QED) is 0.682. The lowest BCUT2D eigenvalue weighted by Gasteiger charge is -2.28. The maximum atomic E-state index is 12.0. The second-order valence-corrected chi connectivity index (χ2v) is 4.39. The minimum atomic E-state index is 0.185. The topological polar surface area (TPSA) is 55.6 Å². The van der Waals surface area contributed by atoms with Crippen LogP contribution < -0.4 is 5.73 Å². The minimum Gasteiger partial charge on any atom is -0.383 e. The van der Waals surface area contributed by atoms with Crippen LogP contribution in [0.25, 0.3) is 0 Å². The minimum absolute atomic E-state index is 0.185. The van der Waals surface area contributed by atoms with Crippen LogP contribution in [0.1, 0.15) is 33.6 Å². The largest absolute Gasteiger partial charge is 0.383 e. The Labute approximate surface area is 99.1 Å². The third-order valence-electron chi connectivity index (χ3n) is 2.85. The lowest BCUT2D eigenvalue weighted by molar-refractivity contribution is -0.134. The molecule has 4 nitrogen and oxygen atoms in total. The number of nitrogens with zero attached hydrogens (tertiary/aromatic N) is 1. The molecule has 0 saturated carbocycles. The fourth-order valence-corrected chi connectivity index (χ4v) is 1.62. The molecule has 0 spiro atoms. The van der Waals surface area contributed by atoms with E-state index in [-0.39, 0.29) is 11.9 Å². The molecule has 1 amide bonds. The molecule has 0 aliphatic carbocycles. The van der Waals surface area contributed by atoms with Crippen LogP contribution >= 0.6 is 0 Å². The second kappa shape index (κ2) is 8.53. The van der Waals surface area contributed by atoms with E-state index in [4.69, 9.17) is 10.5 Å². The number of amides is 1. The molecular weight excluding hydrogens is 204 g/mol. The van der Waals surface area contributed by atoms with E-state index >= 15 is 0 Å². The van der Waals surface area contributed by atoms with E-state index in [1.165, 1.54) is 0 Å². The Bertz CT molecular complexity index is 191. The zero-order valence-corrected chi connectivity index (χ0v) is 11.0. The van der Waals surface area contributed by atoms with Crippen molar-refractivity contribution in [3.8, 4) is 0 Å². The van der Waals surface area contributed by atoms with E-state index in [0.717, 1.165) is 6.42 Å². The summed E-state index contributed by atoms with van der Waals surface area (Å²) in [6.45, 7) is 7.95. The van der Waals surface area contributed by atoms with Gasteiger partial charge in [-0.15, -0.1) is 0 Å². The molecular formula is C12H26N2O2. The third-order valence-corrected chi connectivity index (χ3v) is 2.85. The summed E-state index contributed by atoms with van der Waals surface area (Å²) in [6, 6.07) is 0.220. The van der Waals surface area contributed by atoms with Crippen molar-refractivity contribution in [3.05, 3.63) is 0 Å². The van der Waals surface area contributed by atoms with Gasteiger partial charge in [0.2, 0.25) is 5.91 Å². The highest BCUT2D eigenvalue weighted by Gasteiger charge is 2.19. The molecule has 0 fully saturated rings. The summed E-state index contributed by atoms with van der Waals surface area (Å²) in [7, 11) is 1.65. The van der Waals surface area contributed by atoms with Crippen molar-refractivity contribution < 1.29 is 9.53 Å². The van der Waals surface area contributed by atoms with Gasteiger partial charge in [-0.3, -0.25) is 4.79 Å². The molecule has 16 heavy (non-hydrogen) atoms. The number of carbonyl (C=O) groups excluding carboxylic acids is 1. The fourth-order valence-electron chi connectivity index (χ4n) is 1.62. The molecule has 0 aromatic rings. The lowest BCUT2D eigenvalue weighted by atomic mass is 10.0. The van der Waals surface area contributed by atoms with Crippen LogP contribution in [0, 0.1) is 5.92 Å². The molecule has 0 rings (SSSR count). The molecule has 96 valence electrons. The summed E-state index contributed by atoms with van der Waals surface area (Å²) >= 11 is 0. The number of hydrogen-bond acceptors (Lipinski definition) is 3. The second-order valence-electron chi connectivity index (χ2n) is 4.39. The van der Waals surface area contributed by atoms with Gasteiger partial charge in [0, 0.05) is 26.1 Å². The van der Waals surface area contributed by atoms with Gasteiger partial charge in [0.1, 0.15) is 0 Å². The van der Waals surface area contributed by atoms with E-state index in [0.29, 0.717) is 32.0 Å². The maximum Gasteiger partial charge on any atom is 0.223 e. The van der Waals surface area contributed by atoms with E-state index in [9.17, 15) is 4.79 Å². The number of nitrogens with two attached hydrogens (primary N) is 1. The Morgan fingerprint density at radius 3 is 2.44 bits per heavy atom. The van der Waals surface area contributed by atoms with Gasteiger partial charge in [-0.05, 0) is 26.3 Å². The predicted octanol–water partition coefficient (Wildman–Crippen LogP) is 1.24. The SMILES string of the molecule is CCC(CN)CC(=O)N(CCOC)C(C)C. The maximum absolute atomic E-state index is 12.0. The number of methoxy groups -OCH3 is 1. The molecule has 0 aromatic carbocycles. The van der Waals surface area contributed by atoms with Gasteiger partial charge in [0.15, 0.2) is 0 Å². The highest BCUT2D eigenvalue weighted by molar-refractivity contribution is 5.76. The van der Waals surface area contributed by atoms with E-state index in [2.05, 4.69) is 6.92 Å². The van der Waals surface area contributed by atoms with Crippen LogP contribution in [0.4, 0.5) is 0 Å². The van der Waals surface area contributed by atoms with E-state index in [1.807, 2.05) is 18.7 Å². The molecule has 0 radical (unpaired) electrons. The van der Waals surface area contributed by atoms with Gasteiger partial charge in [-0.1, -0.05) is 13.3 Å². The summed E-state index contributed by atoms with van der Waals surface area (Å²) in [5.41, 5.74) is 5.61. The Morgan fingerprint density at radius 1 is 1.44 bits per heavy atom. The smallest absolute Gasteiger partial charge is 0.223 e. The first-order chi connectivity index (χ1) is 7.56. The Hall–Kier alpha value is -0.610. The monoisotopic (exact) mass is 230 g/mol. The molecule has 0 bridgehead atoms. The third kappa shape index (κ3) is 5.47. The van der Waals surface area contributed by atoms with Gasteiger partial charge < -0.3 is 15.4 Å². The first kappa shape index (κ1) is 15.4. The molecule has 0 aromatic heterocycles. The number of rotatable bonds is 8. The Morgan fingerprint density at radius 2 is 2.06 bits per heavy atom. The average Bonchev–Trinajstić information content (AvgIpc) is 2.25. The summed E-state index contributed by atoms with van der Waals surface area (Å²) in [5.74, 6) is 0.487. The fraction of sp³-hybridized carbons (Fsp3) is 0.917. The van der Waals surface area contributed by atoms with Gasteiger partial charge in [-0.25, -0.2) is 0 Å². The molecule has 2 N–H and O–H groups in total. The van der Waals surface area contributed by atoms with Crippen molar-refractivity contribution in [3.63, 3.8) is 0 Å². The number of ether oxygens (including phenoxy) is 1. The van der Waals surface area contributed by atoms with Crippen LogP contribution in [0.2, 0.25) is 0 Å². The van der Waals surface area contributed by atoms with Gasteiger partial charge in [0.25, 0.3) is 0 Å². The zero-order chi connectivity index (χ0) is 12.6. The van der Waals surface area contributed by atoms with Gasteiger partial charge in [-0.2, -0.15) is 0 Å². The van der Waals surface area contributed by atoms with E-state index in [1.54, 1.807) is 7.11 Å². The van der Waals surface area contributed by atoms with E-state index < -0.39 is 0 Å². The highest BCUT2D eigenvalue weighted by Crippen LogP contribution is 2.10. The molecule has 0 aliphatic rings. The molecule has 1 unspecified atom stereocenters. The van der Waals surface area contributed by atoms with Gasteiger partial charge >= 0.3 is 0 Å². The zero-order valence-electron chi connectivity index (χ0n) is 11.0. The summed E-state index contributed by atoms with van der Waals surface area (Å²) in [6.07, 6.45) is 1.51.